The van der Waals surface area contributed by atoms with Crippen molar-refractivity contribution in [3.8, 4) is 0 Å². The lowest BCUT2D eigenvalue weighted by Gasteiger charge is -2.30. The molecular formula is C9H27O41Si42. The van der Waals surface area contributed by atoms with Crippen molar-refractivity contribution in [2.75, 3.05) is 0 Å². The Morgan fingerprint density at radius 1 is 0.217 bits per heavy atom. The average molecular weight is 1970 g/mol. The van der Waals surface area contributed by atoms with Crippen LogP contribution < -0.4 is 0 Å². The Morgan fingerprint density at radius 2 is 0.391 bits per heavy atom. The molecule has 477 valence electrons. The van der Waals surface area contributed by atoms with Gasteiger partial charge in [-0.15, -0.1) is 0 Å². The van der Waals surface area contributed by atoms with Crippen molar-refractivity contribution in [2.45, 2.75) is 58.9 Å². The van der Waals surface area contributed by atoms with E-state index in [0.29, 0.717) is 0 Å². The molecule has 0 fully saturated rings. The van der Waals surface area contributed by atoms with Crippen LogP contribution in [0, 0.1) is 0 Å². The Labute approximate surface area is 564 Å². The molecule has 0 unspecified atom stereocenters. The molecule has 0 aliphatic carbocycles. The van der Waals surface area contributed by atoms with Crippen molar-refractivity contribution in [3.05, 3.63) is 0 Å². The van der Waals surface area contributed by atoms with Gasteiger partial charge in [0.25, 0.3) is 9.28 Å². The third kappa shape index (κ3) is 26.9. The van der Waals surface area contributed by atoms with E-state index in [9.17, 15) is 165 Å². The topological polar surface area (TPSA) is 669 Å². The van der Waals surface area contributed by atoms with Gasteiger partial charge in [-0.2, -0.15) is 0 Å². The molecule has 0 rings (SSSR count). The van der Waals surface area contributed by atoms with Crippen molar-refractivity contribution in [2.24, 2.45) is 0 Å². The van der Waals surface area contributed by atoms with Crippen LogP contribution >= 0.6 is 0 Å². The van der Waals surface area contributed by atoms with Crippen molar-refractivity contribution >= 4 is 330 Å². The molecule has 0 aromatic rings. The van der Waals surface area contributed by atoms with Crippen molar-refractivity contribution in [1.29, 1.82) is 0 Å². The summed E-state index contributed by atoms with van der Waals surface area (Å²) < 4.78 is 494. The number of hydrogen-bond donors (Lipinski definition) is 0. The SMILES string of the molecule is C[Si](O[Si](=O)[Si](=O)[Si](=O)[Si](=O)[Si](=O)[Si](=O)[Si](=O)[Si](=O)[Si](=O)[Si](=O)[Si](=O)[Si](=O)[Si](=O)[Si](=O)[Si](=O)[Si](=O)[Si](=O)[Si](=O)[Si](=O)[Si](=O)[Si](=O)[Si](=O)[Si](=O)[Si](=O)[Si](=O)[Si](=O)[Si](=O)[Si](=O)[Si]O[Si](C)(C)C)[Si](=O)[Si](=O)[Si](=O)[Si](=O)[Si](=O)[Si](=O)[Si](=O)[Si](=O)[Si](=O)O[Si](C)(C)O[Si](C)(C)C. The quantitative estimate of drug-likeness (QED) is 0.0511. The van der Waals surface area contributed by atoms with E-state index >= 15 is 0 Å². The summed E-state index contributed by atoms with van der Waals surface area (Å²) in [5.74, 6) is 0. The zero-order chi connectivity index (χ0) is 73.0. The normalized spacial score (nSPS) is 10.8. The summed E-state index contributed by atoms with van der Waals surface area (Å²) in [5, 5.41) is 0. The highest BCUT2D eigenvalue weighted by molar-refractivity contribution is 7.85. The highest BCUT2D eigenvalue weighted by Gasteiger charge is 2.59. The highest BCUT2D eigenvalue weighted by Crippen LogP contribution is 2.15. The maximum atomic E-state index is 13.0. The molecule has 0 spiro atoms. The van der Waals surface area contributed by atoms with Crippen molar-refractivity contribution in [1.82, 2.24) is 0 Å². The minimum absolute atomic E-state index is 0.727. The summed E-state index contributed by atoms with van der Waals surface area (Å²) in [6.45, 7) is 13.6. The molecule has 0 aliphatic heterocycles. The first-order valence-corrected chi connectivity index (χ1v) is 124. The Bertz CT molecular complexity index is 3900. The summed E-state index contributed by atoms with van der Waals surface area (Å²) >= 11 is 0. The van der Waals surface area contributed by atoms with Crippen molar-refractivity contribution < 1.29 is 182 Å². The molecular weight excluding hydrogens is 1940 g/mol. The van der Waals surface area contributed by atoms with E-state index in [4.69, 9.17) is 16.5 Å². The van der Waals surface area contributed by atoms with E-state index in [0.717, 1.165) is 6.55 Å². The largest absolute Gasteiger partial charge is 0.574 e. The van der Waals surface area contributed by atoms with E-state index < -0.39 is 330 Å². The molecule has 3 radical (unpaired) electrons. The lowest BCUT2D eigenvalue weighted by atomic mass is 11.8. The van der Waals surface area contributed by atoms with Crippen LogP contribution in [0.15, 0.2) is 0 Å². The molecule has 0 bridgehead atoms. The molecule has 0 saturated carbocycles. The van der Waals surface area contributed by atoms with Gasteiger partial charge < -0.3 is 182 Å². The average Bonchev–Trinajstić information content (AvgIpc) is 0.858. The van der Waals surface area contributed by atoms with E-state index in [1.54, 1.807) is 39.3 Å². The van der Waals surface area contributed by atoms with Crippen LogP contribution in [0.4, 0.5) is 0 Å². The van der Waals surface area contributed by atoms with E-state index in [1.165, 1.54) is 13.1 Å². The van der Waals surface area contributed by atoms with Gasteiger partial charge in [0, 0.05) is 0 Å². The molecule has 92 heavy (non-hydrogen) atoms. The van der Waals surface area contributed by atoms with Crippen LogP contribution in [0.5, 0.6) is 0 Å². The Kier molecular flexibility index (Phi) is 40.7. The van der Waals surface area contributed by atoms with Crippen LogP contribution in [-0.2, 0) is 182 Å². The van der Waals surface area contributed by atoms with Gasteiger partial charge in [-0.05, 0) is 58.9 Å². The molecule has 0 heterocycles. The lowest BCUT2D eigenvalue weighted by molar-refractivity contribution is 0.377. The van der Waals surface area contributed by atoms with Gasteiger partial charge in [0.2, 0.25) is 0 Å². The Morgan fingerprint density at radius 3 is 0.587 bits per heavy atom. The summed E-state index contributed by atoms with van der Waals surface area (Å²) in [7, 11) is -178. The second-order valence-corrected chi connectivity index (χ2v) is 212. The van der Waals surface area contributed by atoms with Crippen LogP contribution in [0.25, 0.3) is 0 Å². The minimum atomic E-state index is -4.81. The molecule has 41 nitrogen and oxygen atoms in total. The lowest BCUT2D eigenvalue weighted by Crippen LogP contribution is -2.57. The van der Waals surface area contributed by atoms with Crippen LogP contribution in [-0.4, -0.2) is 330 Å². The van der Waals surface area contributed by atoms with Crippen molar-refractivity contribution in [3.63, 3.8) is 0 Å². The predicted octanol–water partition coefficient (Wildman–Crippen LogP) is -15.4. The summed E-state index contributed by atoms with van der Waals surface area (Å²) in [5.41, 5.74) is 0. The first-order valence-electron chi connectivity index (χ1n) is 22.9. The molecule has 0 amide bonds. The molecule has 0 aromatic carbocycles. The predicted molar refractivity (Wildman–Crippen MR) is 324 cm³/mol. The van der Waals surface area contributed by atoms with E-state index in [1.807, 2.05) is 0 Å². The van der Waals surface area contributed by atoms with E-state index in [2.05, 4.69) is 0 Å². The standard InChI is InChI=1S/C9H27O41Si42/c1-52(56(13)60(17)64(21)68(25)70(27)66(23)62(19)58(15)54(11)49-92(8,9)50-91(5,6)7)48-53(10)57(14)61(18)65(22)69(26)72(29)74(31)76(33)78(35)80(37)82(39)84(41)86(43)88(45)89(46)87(44)85(42)83(40)81(38)79(36)77(34)75(32)73(30)71(28)67(24)63(20)59(16)55(12)51-47-90(2,3)4/h1-9H3. The monoisotopic (exact) mass is 1970 g/mol. The first-order chi connectivity index (χ1) is 41.5. The Hall–Kier alpha value is 1.23. The maximum absolute atomic E-state index is 13.0. The maximum Gasteiger partial charge on any atom is 0.533 e. The van der Waals surface area contributed by atoms with Gasteiger partial charge in [0.15, 0.2) is 16.6 Å². The molecule has 0 aliphatic rings. The zero-order valence-electron chi connectivity index (χ0n) is 46.7. The third-order valence-electron chi connectivity index (χ3n) is 9.08. The Balaban J connectivity index is 5.88. The van der Waals surface area contributed by atoms with Crippen LogP contribution in [0.3, 0.4) is 0 Å². The summed E-state index contributed by atoms with van der Waals surface area (Å²) in [6.07, 6.45) is 0. The molecule has 0 atom stereocenters. The first kappa shape index (κ1) is 93.2. The molecule has 0 N–H and O–H groups in total. The highest BCUT2D eigenvalue weighted by atomic mass is 30.1. The summed E-state index contributed by atoms with van der Waals surface area (Å²) in [6, 6.07) is 0. The fourth-order valence-corrected chi connectivity index (χ4v) is 434. The number of hydrogen-bond acceptors (Lipinski definition) is 41. The van der Waals surface area contributed by atoms with Gasteiger partial charge in [-0.25, -0.2) is 0 Å². The summed E-state index contributed by atoms with van der Waals surface area (Å²) in [4.78, 5) is 0. The van der Waals surface area contributed by atoms with Gasteiger partial charge in [0.1, 0.15) is 0 Å². The van der Waals surface area contributed by atoms with Gasteiger partial charge in [-0.1, -0.05) is 0 Å². The zero-order valence-corrected chi connectivity index (χ0v) is 88.7. The smallest absolute Gasteiger partial charge is 0.533 e. The second kappa shape index (κ2) is 40.2. The fraction of sp³-hybridized carbons (Fsp3) is 1.00. The number of rotatable bonds is 45. The van der Waals surface area contributed by atoms with Crippen LogP contribution in [0.1, 0.15) is 0 Å². The van der Waals surface area contributed by atoms with Gasteiger partial charge in [-0.3, -0.25) is 0 Å². The minimum Gasteiger partial charge on any atom is -0.574 e. The van der Waals surface area contributed by atoms with Crippen LogP contribution in [0.2, 0.25) is 58.9 Å². The third-order valence-corrected chi connectivity index (χ3v) is 302. The van der Waals surface area contributed by atoms with Gasteiger partial charge >= 0.3 is 304 Å². The molecule has 0 saturated heterocycles. The molecule has 0 aromatic heterocycles. The van der Waals surface area contributed by atoms with Gasteiger partial charge in [0.05, 0.1) is 0 Å². The van der Waals surface area contributed by atoms with E-state index in [-0.39, 0.29) is 0 Å². The fourth-order valence-electron chi connectivity index (χ4n) is 5.05. The second-order valence-electron chi connectivity index (χ2n) is 18.8. The molecule has 83 heteroatoms.